The van der Waals surface area contributed by atoms with Gasteiger partial charge in [-0.15, -0.1) is 0 Å². The molecule has 0 unspecified atom stereocenters. The fourth-order valence-corrected chi connectivity index (χ4v) is 1.96. The Bertz CT molecular complexity index is 606. The lowest BCUT2D eigenvalue weighted by Gasteiger charge is -2.08. The fourth-order valence-electron chi connectivity index (χ4n) is 1.96. The Morgan fingerprint density at radius 1 is 1.00 bits per heavy atom. The van der Waals surface area contributed by atoms with Crippen molar-refractivity contribution in [1.82, 2.24) is 0 Å². The smallest absolute Gasteiger partial charge is 0.306 e. The molecule has 0 radical (unpaired) electrons. The molecule has 2 aromatic carbocycles. The molecule has 4 heteroatoms. The molecule has 108 valence electrons. The van der Waals surface area contributed by atoms with E-state index in [2.05, 4.69) is 4.74 Å². The van der Waals surface area contributed by atoms with Crippen molar-refractivity contribution in [2.45, 2.75) is 12.8 Å². The molecular formula is C17H16NO3-. The van der Waals surface area contributed by atoms with E-state index in [0.29, 0.717) is 6.42 Å². The lowest BCUT2D eigenvalue weighted by Crippen LogP contribution is -2.24. The van der Waals surface area contributed by atoms with E-state index in [1.807, 2.05) is 54.6 Å². The minimum atomic E-state index is -0.893. The maximum Gasteiger partial charge on any atom is 0.306 e. The van der Waals surface area contributed by atoms with Gasteiger partial charge in [0, 0.05) is 6.42 Å². The van der Waals surface area contributed by atoms with Crippen LogP contribution in [0.15, 0.2) is 54.6 Å². The standard InChI is InChI=1S/C17H17NO3/c18-16(19)12-21-17(20)11-8-13-6-9-15(10-7-13)14-4-2-1-3-5-14/h1-7,9-10H,8,11-12H2,(H2,18,19)/p-1. The first-order valence-electron chi connectivity index (χ1n) is 6.69. The number of carbonyl (C=O) groups is 1. The van der Waals surface area contributed by atoms with Crippen molar-refractivity contribution in [3.8, 4) is 11.1 Å². The molecule has 2 aromatic rings. The van der Waals surface area contributed by atoms with Crippen LogP contribution in [0.1, 0.15) is 12.0 Å². The van der Waals surface area contributed by atoms with Crippen molar-refractivity contribution >= 4 is 11.9 Å². The van der Waals surface area contributed by atoms with Crippen molar-refractivity contribution in [3.05, 3.63) is 60.2 Å². The average Bonchev–Trinajstić information content (AvgIpc) is 2.52. The number of ether oxygens (including phenoxy) is 1. The van der Waals surface area contributed by atoms with E-state index in [4.69, 9.17) is 5.41 Å². The monoisotopic (exact) mass is 282 g/mol. The summed E-state index contributed by atoms with van der Waals surface area (Å²) in [7, 11) is 0. The summed E-state index contributed by atoms with van der Waals surface area (Å²) in [6, 6.07) is 18.0. The number of rotatable bonds is 6. The molecular weight excluding hydrogens is 266 g/mol. The van der Waals surface area contributed by atoms with Crippen LogP contribution in [-0.4, -0.2) is 18.5 Å². The maximum absolute atomic E-state index is 11.4. The van der Waals surface area contributed by atoms with Gasteiger partial charge < -0.3 is 15.3 Å². The predicted molar refractivity (Wildman–Crippen MR) is 78.9 cm³/mol. The second-order valence-electron chi connectivity index (χ2n) is 4.65. The van der Waals surface area contributed by atoms with Crippen LogP contribution in [0, 0.1) is 5.41 Å². The summed E-state index contributed by atoms with van der Waals surface area (Å²) in [5, 5.41) is 17.0. The highest BCUT2D eigenvalue weighted by molar-refractivity contribution is 5.75. The Morgan fingerprint density at radius 2 is 1.62 bits per heavy atom. The summed E-state index contributed by atoms with van der Waals surface area (Å²) in [6.07, 6.45) is 0.762. The third-order valence-electron chi connectivity index (χ3n) is 3.04. The fraction of sp³-hybridized carbons (Fsp3) is 0.176. The third-order valence-corrected chi connectivity index (χ3v) is 3.04. The molecule has 0 saturated heterocycles. The highest BCUT2D eigenvalue weighted by Gasteiger charge is 2.04. The van der Waals surface area contributed by atoms with Crippen LogP contribution in [0.4, 0.5) is 0 Å². The molecule has 4 nitrogen and oxygen atoms in total. The summed E-state index contributed by atoms with van der Waals surface area (Å²) in [5.74, 6) is -1.35. The highest BCUT2D eigenvalue weighted by Crippen LogP contribution is 2.19. The summed E-state index contributed by atoms with van der Waals surface area (Å²) in [5.41, 5.74) is 3.31. The van der Waals surface area contributed by atoms with Gasteiger partial charge in [-0.3, -0.25) is 4.79 Å². The predicted octanol–water partition coefficient (Wildman–Crippen LogP) is 2.17. The first-order valence-corrected chi connectivity index (χ1v) is 6.69. The quantitative estimate of drug-likeness (QED) is 0.501. The van der Waals surface area contributed by atoms with Crippen LogP contribution in [0.2, 0.25) is 0 Å². The lowest BCUT2D eigenvalue weighted by molar-refractivity contribution is -0.225. The molecule has 0 aliphatic rings. The molecule has 0 bridgehead atoms. The molecule has 0 saturated carbocycles. The van der Waals surface area contributed by atoms with Crippen molar-refractivity contribution < 1.29 is 14.6 Å². The van der Waals surface area contributed by atoms with E-state index in [9.17, 15) is 9.90 Å². The van der Waals surface area contributed by atoms with Gasteiger partial charge in [-0.25, -0.2) is 0 Å². The van der Waals surface area contributed by atoms with E-state index in [0.717, 1.165) is 16.7 Å². The summed E-state index contributed by atoms with van der Waals surface area (Å²) in [4.78, 5) is 11.4. The molecule has 0 atom stereocenters. The number of benzene rings is 2. The van der Waals surface area contributed by atoms with E-state index in [-0.39, 0.29) is 6.42 Å². The Balaban J connectivity index is 1.88. The number of hydrogen-bond donors (Lipinski definition) is 1. The van der Waals surface area contributed by atoms with Gasteiger partial charge >= 0.3 is 5.97 Å². The van der Waals surface area contributed by atoms with Crippen LogP contribution in [-0.2, 0) is 16.0 Å². The van der Waals surface area contributed by atoms with Gasteiger partial charge in [0.2, 0.25) is 0 Å². The van der Waals surface area contributed by atoms with E-state index >= 15 is 0 Å². The number of nitrogens with one attached hydrogen (secondary N) is 1. The molecule has 2 rings (SSSR count). The summed E-state index contributed by atoms with van der Waals surface area (Å²) in [6.45, 7) is -0.466. The number of hydrogen-bond acceptors (Lipinski definition) is 4. The molecule has 0 aliphatic carbocycles. The van der Waals surface area contributed by atoms with Gasteiger partial charge in [0.25, 0.3) is 0 Å². The van der Waals surface area contributed by atoms with Gasteiger partial charge in [0.1, 0.15) is 6.61 Å². The second-order valence-corrected chi connectivity index (χ2v) is 4.65. The first kappa shape index (κ1) is 14.8. The number of esters is 1. The van der Waals surface area contributed by atoms with Gasteiger partial charge in [-0.2, -0.15) is 0 Å². The van der Waals surface area contributed by atoms with Crippen LogP contribution in [0.3, 0.4) is 0 Å². The highest BCUT2D eigenvalue weighted by atomic mass is 16.5. The molecule has 0 heterocycles. The Hall–Kier alpha value is -2.62. The summed E-state index contributed by atoms with van der Waals surface area (Å²) >= 11 is 0. The van der Waals surface area contributed by atoms with Crippen LogP contribution < -0.4 is 5.11 Å². The summed E-state index contributed by atoms with van der Waals surface area (Å²) < 4.78 is 4.64. The van der Waals surface area contributed by atoms with E-state index in [1.54, 1.807) is 0 Å². The van der Waals surface area contributed by atoms with Crippen LogP contribution >= 0.6 is 0 Å². The number of carbonyl (C=O) groups excluding carboxylic acids is 1. The second kappa shape index (κ2) is 7.24. The molecule has 0 aliphatic heterocycles. The van der Waals surface area contributed by atoms with Crippen molar-refractivity contribution in [1.29, 1.82) is 5.41 Å². The minimum Gasteiger partial charge on any atom is -0.860 e. The Labute approximate surface area is 123 Å². The zero-order valence-electron chi connectivity index (χ0n) is 11.5. The maximum atomic E-state index is 11.4. The topological polar surface area (TPSA) is 73.2 Å². The molecule has 0 fully saturated rings. The lowest BCUT2D eigenvalue weighted by atomic mass is 10.0. The molecule has 0 spiro atoms. The number of aryl methyl sites for hydroxylation is 1. The normalized spacial score (nSPS) is 10.1. The first-order chi connectivity index (χ1) is 10.1. The van der Waals surface area contributed by atoms with Crippen molar-refractivity contribution in [2.24, 2.45) is 0 Å². The average molecular weight is 282 g/mol. The van der Waals surface area contributed by atoms with Crippen molar-refractivity contribution in [2.75, 3.05) is 6.61 Å². The molecule has 0 amide bonds. The van der Waals surface area contributed by atoms with E-state index < -0.39 is 18.5 Å². The van der Waals surface area contributed by atoms with Gasteiger partial charge in [0.05, 0.1) is 0 Å². The van der Waals surface area contributed by atoms with Gasteiger partial charge in [-0.1, -0.05) is 54.6 Å². The Kier molecular flexibility index (Phi) is 5.10. The van der Waals surface area contributed by atoms with Gasteiger partial charge in [-0.05, 0) is 29.0 Å². The SMILES string of the molecule is N=C([O-])COC(=O)CCc1ccc(-c2ccccc2)cc1. The zero-order chi connectivity index (χ0) is 15.1. The largest absolute Gasteiger partial charge is 0.860 e. The van der Waals surface area contributed by atoms with Gasteiger partial charge in [0.15, 0.2) is 0 Å². The molecule has 21 heavy (non-hydrogen) atoms. The zero-order valence-corrected chi connectivity index (χ0v) is 11.5. The third kappa shape index (κ3) is 4.76. The minimum absolute atomic E-state index is 0.206. The van der Waals surface area contributed by atoms with E-state index in [1.165, 1.54) is 0 Å². The molecule has 0 aromatic heterocycles. The van der Waals surface area contributed by atoms with Crippen LogP contribution in [0.5, 0.6) is 0 Å². The Morgan fingerprint density at radius 3 is 2.24 bits per heavy atom. The van der Waals surface area contributed by atoms with Crippen molar-refractivity contribution in [3.63, 3.8) is 0 Å². The molecule has 1 N–H and O–H groups in total. The van der Waals surface area contributed by atoms with Crippen LogP contribution in [0.25, 0.3) is 11.1 Å².